The van der Waals surface area contributed by atoms with Gasteiger partial charge in [0.15, 0.2) is 11.5 Å². The van der Waals surface area contributed by atoms with Crippen molar-refractivity contribution in [2.75, 3.05) is 7.11 Å². The number of carbonyl (C=O) groups is 2. The van der Waals surface area contributed by atoms with Gasteiger partial charge >= 0.3 is 5.97 Å². The third-order valence-electron chi connectivity index (χ3n) is 1.59. The topological polar surface area (TPSA) is 72.8 Å². The highest BCUT2D eigenvalue weighted by atomic mass is 16.5. The van der Waals surface area contributed by atoms with E-state index in [-0.39, 0.29) is 23.5 Å². The average molecular weight is 196 g/mol. The van der Waals surface area contributed by atoms with E-state index in [1.54, 1.807) is 0 Å². The summed E-state index contributed by atoms with van der Waals surface area (Å²) in [7, 11) is 1.36. The zero-order chi connectivity index (χ0) is 10.6. The Bertz CT molecular complexity index is 358. The van der Waals surface area contributed by atoms with E-state index < -0.39 is 5.97 Å². The average Bonchev–Trinajstić information content (AvgIpc) is 2.18. The van der Waals surface area contributed by atoms with Gasteiger partial charge in [-0.3, -0.25) is 4.79 Å². The van der Waals surface area contributed by atoms with Crippen molar-refractivity contribution in [3.05, 3.63) is 23.8 Å². The van der Waals surface area contributed by atoms with Crippen molar-refractivity contribution in [3.8, 4) is 11.5 Å². The molecule has 0 saturated heterocycles. The zero-order valence-corrected chi connectivity index (χ0v) is 7.39. The van der Waals surface area contributed by atoms with Gasteiger partial charge in [0.25, 0.3) is 6.47 Å². The third kappa shape index (κ3) is 2.01. The number of carbonyl (C=O) groups excluding carboxylic acids is 1. The lowest BCUT2D eigenvalue weighted by Crippen LogP contribution is -1.99. The smallest absolute Gasteiger partial charge is 0.335 e. The molecule has 0 aliphatic heterocycles. The second kappa shape index (κ2) is 4.27. The van der Waals surface area contributed by atoms with Crippen LogP contribution in [-0.4, -0.2) is 24.7 Å². The predicted molar refractivity (Wildman–Crippen MR) is 46.6 cm³/mol. The van der Waals surface area contributed by atoms with Gasteiger partial charge in [-0.2, -0.15) is 0 Å². The van der Waals surface area contributed by atoms with E-state index in [1.807, 2.05) is 0 Å². The molecule has 0 radical (unpaired) electrons. The summed E-state index contributed by atoms with van der Waals surface area (Å²) >= 11 is 0. The number of aromatic carboxylic acids is 1. The van der Waals surface area contributed by atoms with Crippen molar-refractivity contribution < 1.29 is 24.2 Å². The molecule has 5 heteroatoms. The molecule has 0 heterocycles. The maximum absolute atomic E-state index is 10.6. The fourth-order valence-corrected chi connectivity index (χ4v) is 0.950. The summed E-state index contributed by atoms with van der Waals surface area (Å²) in [5, 5.41) is 8.66. The van der Waals surface area contributed by atoms with Gasteiger partial charge in [-0.25, -0.2) is 4.79 Å². The van der Waals surface area contributed by atoms with Crippen LogP contribution in [0.2, 0.25) is 0 Å². The lowest BCUT2D eigenvalue weighted by atomic mass is 10.2. The van der Waals surface area contributed by atoms with Crippen molar-refractivity contribution in [2.24, 2.45) is 0 Å². The number of hydrogen-bond donors (Lipinski definition) is 1. The first kappa shape index (κ1) is 10.0. The van der Waals surface area contributed by atoms with Crippen LogP contribution in [0.1, 0.15) is 10.4 Å². The molecule has 0 amide bonds. The third-order valence-corrected chi connectivity index (χ3v) is 1.59. The standard InChI is InChI=1S/C9H8O5/c1-13-8-4-6(9(11)12)2-3-7(8)14-5-10/h2-5H,1H3,(H,11,12). The first-order chi connectivity index (χ1) is 6.69. The maximum Gasteiger partial charge on any atom is 0.335 e. The summed E-state index contributed by atoms with van der Waals surface area (Å²) in [5.41, 5.74) is 0.0695. The highest BCUT2D eigenvalue weighted by Gasteiger charge is 2.09. The van der Waals surface area contributed by atoms with Gasteiger partial charge in [-0.15, -0.1) is 0 Å². The second-order valence-electron chi connectivity index (χ2n) is 2.38. The Morgan fingerprint density at radius 2 is 2.14 bits per heavy atom. The van der Waals surface area contributed by atoms with Crippen LogP contribution >= 0.6 is 0 Å². The molecule has 0 aromatic heterocycles. The van der Waals surface area contributed by atoms with Gasteiger partial charge in [0.2, 0.25) is 0 Å². The molecule has 0 aliphatic carbocycles. The molecule has 0 bridgehead atoms. The number of carboxylic acids is 1. The monoisotopic (exact) mass is 196 g/mol. The molecule has 0 aliphatic rings. The Morgan fingerprint density at radius 3 is 2.64 bits per heavy atom. The SMILES string of the molecule is COc1cc(C(=O)O)ccc1OC=O. The summed E-state index contributed by atoms with van der Waals surface area (Å²) in [6.45, 7) is 0.248. The number of rotatable bonds is 4. The molecule has 0 saturated carbocycles. The Labute approximate surface area is 79.9 Å². The van der Waals surface area contributed by atoms with E-state index >= 15 is 0 Å². The predicted octanol–water partition coefficient (Wildman–Crippen LogP) is 0.929. The van der Waals surface area contributed by atoms with Crippen LogP contribution in [0.15, 0.2) is 18.2 Å². The summed E-state index contributed by atoms with van der Waals surface area (Å²) in [6.07, 6.45) is 0. The van der Waals surface area contributed by atoms with Crippen molar-refractivity contribution >= 4 is 12.4 Å². The molecule has 74 valence electrons. The zero-order valence-electron chi connectivity index (χ0n) is 7.39. The van der Waals surface area contributed by atoms with E-state index in [4.69, 9.17) is 9.84 Å². The van der Waals surface area contributed by atoms with Crippen LogP contribution in [0.5, 0.6) is 11.5 Å². The van der Waals surface area contributed by atoms with Gasteiger partial charge in [-0.05, 0) is 18.2 Å². The number of methoxy groups -OCH3 is 1. The van der Waals surface area contributed by atoms with Crippen LogP contribution < -0.4 is 9.47 Å². The Balaban J connectivity index is 3.10. The van der Waals surface area contributed by atoms with Crippen LogP contribution in [0.3, 0.4) is 0 Å². The Morgan fingerprint density at radius 1 is 1.43 bits per heavy atom. The Kier molecular flexibility index (Phi) is 3.06. The van der Waals surface area contributed by atoms with Crippen LogP contribution in [-0.2, 0) is 4.79 Å². The summed E-state index contributed by atoms with van der Waals surface area (Å²) in [6, 6.07) is 3.96. The molecule has 1 aromatic rings. The summed E-state index contributed by atoms with van der Waals surface area (Å²) in [4.78, 5) is 20.6. The lowest BCUT2D eigenvalue weighted by Gasteiger charge is -2.06. The van der Waals surface area contributed by atoms with E-state index in [2.05, 4.69) is 4.74 Å². The molecule has 0 fully saturated rings. The van der Waals surface area contributed by atoms with Gasteiger partial charge in [0, 0.05) is 0 Å². The highest BCUT2D eigenvalue weighted by Crippen LogP contribution is 2.27. The normalized spacial score (nSPS) is 9.21. The van der Waals surface area contributed by atoms with Gasteiger partial charge in [-0.1, -0.05) is 0 Å². The van der Waals surface area contributed by atoms with E-state index in [0.717, 1.165) is 0 Å². The quantitative estimate of drug-likeness (QED) is 0.725. The minimum absolute atomic E-state index is 0.0695. The molecule has 1 rings (SSSR count). The molecule has 1 N–H and O–H groups in total. The maximum atomic E-state index is 10.6. The molecule has 5 nitrogen and oxygen atoms in total. The molecule has 0 atom stereocenters. The van der Waals surface area contributed by atoms with Crippen LogP contribution in [0.25, 0.3) is 0 Å². The molecule has 0 spiro atoms. The van der Waals surface area contributed by atoms with Gasteiger partial charge < -0.3 is 14.6 Å². The number of hydrogen-bond acceptors (Lipinski definition) is 4. The Hall–Kier alpha value is -2.04. The summed E-state index contributed by atoms with van der Waals surface area (Å²) in [5.74, 6) is -0.676. The molecule has 14 heavy (non-hydrogen) atoms. The number of ether oxygens (including phenoxy) is 2. The fourth-order valence-electron chi connectivity index (χ4n) is 0.950. The molecule has 0 unspecified atom stereocenters. The second-order valence-corrected chi connectivity index (χ2v) is 2.38. The van der Waals surface area contributed by atoms with Crippen molar-refractivity contribution in [3.63, 3.8) is 0 Å². The minimum Gasteiger partial charge on any atom is -0.493 e. The first-order valence-corrected chi connectivity index (χ1v) is 3.70. The highest BCUT2D eigenvalue weighted by molar-refractivity contribution is 5.88. The van der Waals surface area contributed by atoms with Crippen molar-refractivity contribution in [1.82, 2.24) is 0 Å². The van der Waals surface area contributed by atoms with E-state index in [1.165, 1.54) is 25.3 Å². The minimum atomic E-state index is -1.07. The molecule has 1 aromatic carbocycles. The van der Waals surface area contributed by atoms with Gasteiger partial charge in [0.05, 0.1) is 12.7 Å². The number of carboxylic acid groups (broad SMARTS) is 1. The summed E-state index contributed by atoms with van der Waals surface area (Å²) < 4.78 is 9.41. The largest absolute Gasteiger partial charge is 0.493 e. The fraction of sp³-hybridized carbons (Fsp3) is 0.111. The van der Waals surface area contributed by atoms with E-state index in [9.17, 15) is 9.59 Å². The van der Waals surface area contributed by atoms with Crippen molar-refractivity contribution in [2.45, 2.75) is 0 Å². The van der Waals surface area contributed by atoms with Crippen LogP contribution in [0, 0.1) is 0 Å². The van der Waals surface area contributed by atoms with Gasteiger partial charge in [0.1, 0.15) is 0 Å². The first-order valence-electron chi connectivity index (χ1n) is 3.70. The molecular formula is C9H8O5. The van der Waals surface area contributed by atoms with Crippen LogP contribution in [0.4, 0.5) is 0 Å². The lowest BCUT2D eigenvalue weighted by molar-refractivity contribution is -0.120. The molecular weight excluding hydrogens is 188 g/mol. The van der Waals surface area contributed by atoms with E-state index in [0.29, 0.717) is 0 Å². The van der Waals surface area contributed by atoms with Crippen molar-refractivity contribution in [1.29, 1.82) is 0 Å². The number of benzene rings is 1.